The quantitative estimate of drug-likeness (QED) is 0.743. The van der Waals surface area contributed by atoms with Gasteiger partial charge in [0.05, 0.1) is 0 Å². The Kier molecular flexibility index (Phi) is 6.56. The van der Waals surface area contributed by atoms with Crippen LogP contribution in [0, 0.1) is 13.8 Å². The Morgan fingerprint density at radius 1 is 1.05 bits per heavy atom. The Bertz CT molecular complexity index is 407. The van der Waals surface area contributed by atoms with Crippen LogP contribution >= 0.6 is 0 Å². The van der Waals surface area contributed by atoms with Crippen LogP contribution in [0.25, 0.3) is 0 Å². The summed E-state index contributed by atoms with van der Waals surface area (Å²) < 4.78 is 5.74. The molecule has 0 unspecified atom stereocenters. The van der Waals surface area contributed by atoms with Gasteiger partial charge in [0.25, 0.3) is 0 Å². The molecule has 1 heterocycles. The average molecular weight is 279 g/mol. The van der Waals surface area contributed by atoms with E-state index >= 15 is 0 Å². The van der Waals surface area contributed by atoms with E-state index in [0.29, 0.717) is 6.61 Å². The largest absolute Gasteiger partial charge is 0.368 e. The number of ether oxygens (including phenoxy) is 1. The SMILES string of the molecule is CCCNCCc1c(C)nc(C(C)(C)OCC)nc1C. The molecule has 20 heavy (non-hydrogen) atoms. The van der Waals surface area contributed by atoms with Crippen LogP contribution in [-0.4, -0.2) is 29.7 Å². The third-order valence-corrected chi connectivity index (χ3v) is 3.44. The van der Waals surface area contributed by atoms with Crippen molar-refractivity contribution in [3.05, 3.63) is 22.8 Å². The standard InChI is InChI=1S/C16H29N3O/c1-7-10-17-11-9-14-12(3)18-15(19-13(14)4)16(5,6)20-8-2/h17H,7-11H2,1-6H3. The predicted octanol–water partition coefficient (Wildman–Crippen LogP) is 2.91. The third kappa shape index (κ3) is 4.53. The van der Waals surface area contributed by atoms with Gasteiger partial charge in [0.15, 0.2) is 5.82 Å². The summed E-state index contributed by atoms with van der Waals surface area (Å²) in [4.78, 5) is 9.32. The van der Waals surface area contributed by atoms with Gasteiger partial charge in [0, 0.05) is 18.0 Å². The van der Waals surface area contributed by atoms with Gasteiger partial charge in [0.2, 0.25) is 0 Å². The molecule has 114 valence electrons. The van der Waals surface area contributed by atoms with Crippen LogP contribution in [0.2, 0.25) is 0 Å². The number of aryl methyl sites for hydroxylation is 2. The Labute approximate surface area is 123 Å². The second-order valence-corrected chi connectivity index (χ2v) is 5.64. The van der Waals surface area contributed by atoms with Crippen LogP contribution in [0.3, 0.4) is 0 Å². The Morgan fingerprint density at radius 3 is 2.15 bits per heavy atom. The van der Waals surface area contributed by atoms with Crippen molar-refractivity contribution >= 4 is 0 Å². The predicted molar refractivity (Wildman–Crippen MR) is 83.0 cm³/mol. The Hall–Kier alpha value is -1.00. The van der Waals surface area contributed by atoms with Gasteiger partial charge < -0.3 is 10.1 Å². The van der Waals surface area contributed by atoms with Crippen molar-refractivity contribution in [2.45, 2.75) is 60.0 Å². The molecule has 0 aliphatic carbocycles. The highest BCUT2D eigenvalue weighted by molar-refractivity contribution is 5.25. The monoisotopic (exact) mass is 279 g/mol. The van der Waals surface area contributed by atoms with Crippen molar-refractivity contribution in [3.63, 3.8) is 0 Å². The van der Waals surface area contributed by atoms with Gasteiger partial charge in [-0.1, -0.05) is 6.92 Å². The van der Waals surface area contributed by atoms with Gasteiger partial charge in [0.1, 0.15) is 5.60 Å². The third-order valence-electron chi connectivity index (χ3n) is 3.44. The molecule has 0 amide bonds. The molecule has 0 spiro atoms. The van der Waals surface area contributed by atoms with E-state index in [0.717, 1.165) is 43.1 Å². The first kappa shape index (κ1) is 17.1. The summed E-state index contributed by atoms with van der Waals surface area (Å²) >= 11 is 0. The minimum atomic E-state index is -0.427. The fraction of sp³-hybridized carbons (Fsp3) is 0.750. The van der Waals surface area contributed by atoms with Crippen LogP contribution < -0.4 is 5.32 Å². The Morgan fingerprint density at radius 2 is 1.65 bits per heavy atom. The summed E-state index contributed by atoms with van der Waals surface area (Å²) in [5.74, 6) is 0.777. The van der Waals surface area contributed by atoms with Gasteiger partial charge in [-0.2, -0.15) is 0 Å². The van der Waals surface area contributed by atoms with Crippen LogP contribution in [0.1, 0.15) is 56.9 Å². The van der Waals surface area contributed by atoms with Crippen LogP contribution in [0.4, 0.5) is 0 Å². The smallest absolute Gasteiger partial charge is 0.160 e. The van der Waals surface area contributed by atoms with E-state index in [1.54, 1.807) is 0 Å². The Balaban J connectivity index is 2.86. The summed E-state index contributed by atoms with van der Waals surface area (Å²) in [5, 5.41) is 3.42. The molecule has 0 radical (unpaired) electrons. The summed E-state index contributed by atoms with van der Waals surface area (Å²) in [5.41, 5.74) is 2.96. The van der Waals surface area contributed by atoms with Gasteiger partial charge in [-0.25, -0.2) is 9.97 Å². The topological polar surface area (TPSA) is 47.0 Å². The fourth-order valence-electron chi connectivity index (χ4n) is 2.31. The molecule has 0 saturated heterocycles. The lowest BCUT2D eigenvalue weighted by atomic mass is 10.1. The van der Waals surface area contributed by atoms with E-state index in [2.05, 4.69) is 36.1 Å². The molecule has 4 heteroatoms. The lowest BCUT2D eigenvalue weighted by Gasteiger charge is -2.24. The molecule has 0 atom stereocenters. The van der Waals surface area contributed by atoms with E-state index in [4.69, 9.17) is 4.74 Å². The molecule has 0 aromatic carbocycles. The van der Waals surface area contributed by atoms with Crippen molar-refractivity contribution in [2.24, 2.45) is 0 Å². The number of hydrogen-bond donors (Lipinski definition) is 1. The fourth-order valence-corrected chi connectivity index (χ4v) is 2.31. The summed E-state index contributed by atoms with van der Waals surface area (Å²) in [6.45, 7) is 15.1. The normalized spacial score (nSPS) is 11.9. The first-order valence-electron chi connectivity index (χ1n) is 7.61. The molecule has 1 N–H and O–H groups in total. The molecule has 1 rings (SSSR count). The highest BCUT2D eigenvalue weighted by atomic mass is 16.5. The van der Waals surface area contributed by atoms with Crippen molar-refractivity contribution in [1.29, 1.82) is 0 Å². The molecule has 0 saturated carbocycles. The molecule has 0 bridgehead atoms. The van der Waals surface area contributed by atoms with Crippen LogP contribution in [-0.2, 0) is 16.8 Å². The number of nitrogens with one attached hydrogen (secondary N) is 1. The summed E-state index contributed by atoms with van der Waals surface area (Å²) in [6, 6.07) is 0. The average Bonchev–Trinajstić information content (AvgIpc) is 2.36. The van der Waals surface area contributed by atoms with Crippen molar-refractivity contribution in [1.82, 2.24) is 15.3 Å². The zero-order valence-corrected chi connectivity index (χ0v) is 13.8. The maximum atomic E-state index is 5.74. The van der Waals surface area contributed by atoms with Crippen molar-refractivity contribution < 1.29 is 4.74 Å². The van der Waals surface area contributed by atoms with E-state index in [9.17, 15) is 0 Å². The van der Waals surface area contributed by atoms with Gasteiger partial charge in [-0.05, 0) is 66.1 Å². The van der Waals surface area contributed by atoms with E-state index in [1.807, 2.05) is 20.8 Å². The summed E-state index contributed by atoms with van der Waals surface area (Å²) in [7, 11) is 0. The summed E-state index contributed by atoms with van der Waals surface area (Å²) in [6.07, 6.45) is 2.14. The van der Waals surface area contributed by atoms with Crippen molar-refractivity contribution in [3.8, 4) is 0 Å². The molecule has 1 aromatic heterocycles. The number of aromatic nitrogens is 2. The molecular formula is C16H29N3O. The van der Waals surface area contributed by atoms with Crippen molar-refractivity contribution in [2.75, 3.05) is 19.7 Å². The molecule has 0 aliphatic heterocycles. The van der Waals surface area contributed by atoms with Gasteiger partial charge in [-0.15, -0.1) is 0 Å². The highest BCUT2D eigenvalue weighted by Crippen LogP contribution is 2.23. The first-order valence-corrected chi connectivity index (χ1v) is 7.61. The zero-order chi connectivity index (χ0) is 15.2. The second kappa shape index (κ2) is 7.70. The lowest BCUT2D eigenvalue weighted by molar-refractivity contribution is -0.0210. The maximum absolute atomic E-state index is 5.74. The van der Waals surface area contributed by atoms with E-state index < -0.39 is 5.60 Å². The van der Waals surface area contributed by atoms with E-state index in [-0.39, 0.29) is 0 Å². The number of hydrogen-bond acceptors (Lipinski definition) is 4. The lowest BCUT2D eigenvalue weighted by Crippen LogP contribution is -2.26. The maximum Gasteiger partial charge on any atom is 0.160 e. The highest BCUT2D eigenvalue weighted by Gasteiger charge is 2.25. The van der Waals surface area contributed by atoms with Crippen LogP contribution in [0.5, 0.6) is 0 Å². The minimum Gasteiger partial charge on any atom is -0.368 e. The number of nitrogens with zero attached hydrogens (tertiary/aromatic N) is 2. The first-order chi connectivity index (χ1) is 9.42. The number of rotatable bonds is 8. The molecule has 0 fully saturated rings. The molecule has 0 aliphatic rings. The minimum absolute atomic E-state index is 0.427. The van der Waals surface area contributed by atoms with Gasteiger partial charge in [-0.3, -0.25) is 0 Å². The second-order valence-electron chi connectivity index (χ2n) is 5.64. The molecular weight excluding hydrogens is 250 g/mol. The van der Waals surface area contributed by atoms with Gasteiger partial charge >= 0.3 is 0 Å². The van der Waals surface area contributed by atoms with Crippen LogP contribution in [0.15, 0.2) is 0 Å². The molecule has 4 nitrogen and oxygen atoms in total. The molecule has 1 aromatic rings. The van der Waals surface area contributed by atoms with E-state index in [1.165, 1.54) is 5.56 Å². The zero-order valence-electron chi connectivity index (χ0n) is 13.8.